The molecule has 2 atom stereocenters. The van der Waals surface area contributed by atoms with Gasteiger partial charge in [-0.1, -0.05) is 38.1 Å². The van der Waals surface area contributed by atoms with Gasteiger partial charge in [-0.15, -0.1) is 12.4 Å². The second-order valence-corrected chi connectivity index (χ2v) is 5.46. The van der Waals surface area contributed by atoms with Crippen LogP contribution in [0.4, 0.5) is 0 Å². The molecule has 1 saturated heterocycles. The molecule has 2 unspecified atom stereocenters. The van der Waals surface area contributed by atoms with Crippen molar-refractivity contribution in [3.05, 3.63) is 35.4 Å². The molecule has 1 fully saturated rings. The summed E-state index contributed by atoms with van der Waals surface area (Å²) in [7, 11) is 0. The predicted octanol–water partition coefficient (Wildman–Crippen LogP) is 1.57. The van der Waals surface area contributed by atoms with Gasteiger partial charge in [-0.2, -0.15) is 0 Å². The highest BCUT2D eigenvalue weighted by Gasteiger charge is 2.27. The highest BCUT2D eigenvalue weighted by atomic mass is 35.5. The molecule has 0 bridgehead atoms. The maximum absolute atomic E-state index is 11.9. The van der Waals surface area contributed by atoms with Crippen LogP contribution in [-0.4, -0.2) is 29.7 Å². The maximum atomic E-state index is 11.9. The molecular weight excluding hydrogens is 276 g/mol. The molecule has 0 spiro atoms. The number of carbonyl (C=O) groups is 1. The van der Waals surface area contributed by atoms with Gasteiger partial charge >= 0.3 is 0 Å². The standard InChI is InChI=1S/C15H22N2O2.ClH/c1-10(2)12-5-3-11(4-6-12)8-17-15(19)14-7-13(18)9-16-14;/h3-6,10,13-14,16,18H,7-9H2,1-2H3,(H,17,19);1H. The zero-order valence-corrected chi connectivity index (χ0v) is 12.7. The van der Waals surface area contributed by atoms with E-state index in [-0.39, 0.29) is 24.4 Å². The Morgan fingerprint density at radius 3 is 2.55 bits per heavy atom. The van der Waals surface area contributed by atoms with Crippen molar-refractivity contribution in [3.8, 4) is 0 Å². The van der Waals surface area contributed by atoms with Crippen LogP contribution in [-0.2, 0) is 11.3 Å². The fourth-order valence-electron chi connectivity index (χ4n) is 2.25. The predicted molar refractivity (Wildman–Crippen MR) is 82.0 cm³/mol. The van der Waals surface area contributed by atoms with Crippen molar-refractivity contribution >= 4 is 18.3 Å². The van der Waals surface area contributed by atoms with Crippen LogP contribution in [0.25, 0.3) is 0 Å². The van der Waals surface area contributed by atoms with E-state index in [1.165, 1.54) is 5.56 Å². The van der Waals surface area contributed by atoms with Gasteiger partial charge in [0.1, 0.15) is 0 Å². The minimum atomic E-state index is -0.402. The van der Waals surface area contributed by atoms with Gasteiger partial charge in [0, 0.05) is 13.1 Å². The second-order valence-electron chi connectivity index (χ2n) is 5.46. The van der Waals surface area contributed by atoms with Gasteiger partial charge in [-0.25, -0.2) is 0 Å². The average Bonchev–Trinajstić information content (AvgIpc) is 2.83. The molecule has 112 valence electrons. The highest BCUT2D eigenvalue weighted by Crippen LogP contribution is 2.14. The third-order valence-corrected chi connectivity index (χ3v) is 3.54. The van der Waals surface area contributed by atoms with Crippen molar-refractivity contribution in [2.45, 2.75) is 44.9 Å². The van der Waals surface area contributed by atoms with Crippen LogP contribution in [0.1, 0.15) is 37.3 Å². The molecule has 1 aliphatic heterocycles. The van der Waals surface area contributed by atoms with Crippen LogP contribution >= 0.6 is 12.4 Å². The first-order chi connectivity index (χ1) is 9.06. The molecule has 4 nitrogen and oxygen atoms in total. The first-order valence-corrected chi connectivity index (χ1v) is 6.84. The summed E-state index contributed by atoms with van der Waals surface area (Å²) in [6.45, 7) is 5.36. The summed E-state index contributed by atoms with van der Waals surface area (Å²) in [6.07, 6.45) is 0.0964. The summed E-state index contributed by atoms with van der Waals surface area (Å²) in [5.74, 6) is 0.484. The van der Waals surface area contributed by atoms with Crippen molar-refractivity contribution in [1.82, 2.24) is 10.6 Å². The average molecular weight is 299 g/mol. The van der Waals surface area contributed by atoms with Gasteiger partial charge in [0.25, 0.3) is 0 Å². The van der Waals surface area contributed by atoms with E-state index in [0.717, 1.165) is 5.56 Å². The topological polar surface area (TPSA) is 61.4 Å². The fourth-order valence-corrected chi connectivity index (χ4v) is 2.25. The number of β-amino-alcohol motifs (C(OH)–C–C–N with tert-alkyl or cyclic N) is 1. The van der Waals surface area contributed by atoms with E-state index in [1.54, 1.807) is 0 Å². The van der Waals surface area contributed by atoms with Crippen molar-refractivity contribution in [1.29, 1.82) is 0 Å². The van der Waals surface area contributed by atoms with Crippen LogP contribution < -0.4 is 10.6 Å². The molecule has 1 aromatic carbocycles. The van der Waals surface area contributed by atoms with Gasteiger partial charge in [0.05, 0.1) is 12.1 Å². The van der Waals surface area contributed by atoms with Gasteiger partial charge in [0.15, 0.2) is 0 Å². The number of carbonyl (C=O) groups excluding carboxylic acids is 1. The summed E-state index contributed by atoms with van der Waals surface area (Å²) < 4.78 is 0. The van der Waals surface area contributed by atoms with E-state index in [9.17, 15) is 9.90 Å². The number of halogens is 1. The lowest BCUT2D eigenvalue weighted by Gasteiger charge is -2.12. The molecular formula is C15H23ClN2O2. The normalized spacial score (nSPS) is 21.6. The Bertz CT molecular complexity index is 434. The molecule has 0 saturated carbocycles. The van der Waals surface area contributed by atoms with E-state index in [4.69, 9.17) is 0 Å². The summed E-state index contributed by atoms with van der Waals surface area (Å²) in [4.78, 5) is 11.9. The van der Waals surface area contributed by atoms with Crippen LogP contribution in [0, 0.1) is 0 Å². The Morgan fingerprint density at radius 1 is 1.40 bits per heavy atom. The van der Waals surface area contributed by atoms with E-state index >= 15 is 0 Å². The lowest BCUT2D eigenvalue weighted by Crippen LogP contribution is -2.39. The summed E-state index contributed by atoms with van der Waals surface area (Å²) in [6, 6.07) is 8.04. The third-order valence-electron chi connectivity index (χ3n) is 3.54. The lowest BCUT2D eigenvalue weighted by molar-refractivity contribution is -0.123. The van der Waals surface area contributed by atoms with E-state index in [1.807, 2.05) is 12.1 Å². The van der Waals surface area contributed by atoms with Gasteiger partial charge in [-0.3, -0.25) is 4.79 Å². The van der Waals surface area contributed by atoms with Gasteiger partial charge < -0.3 is 15.7 Å². The Hall–Kier alpha value is -1.10. The van der Waals surface area contributed by atoms with Gasteiger partial charge in [-0.05, 0) is 23.5 Å². The minimum absolute atomic E-state index is 0. The molecule has 5 heteroatoms. The molecule has 1 aliphatic rings. The fraction of sp³-hybridized carbons (Fsp3) is 0.533. The van der Waals surface area contributed by atoms with Crippen LogP contribution in [0.5, 0.6) is 0 Å². The third kappa shape index (κ3) is 4.47. The van der Waals surface area contributed by atoms with E-state index < -0.39 is 6.10 Å². The van der Waals surface area contributed by atoms with Gasteiger partial charge in [0.2, 0.25) is 5.91 Å². The number of aliphatic hydroxyl groups is 1. The number of aliphatic hydroxyl groups excluding tert-OH is 1. The smallest absolute Gasteiger partial charge is 0.237 e. The zero-order valence-electron chi connectivity index (χ0n) is 11.9. The molecule has 0 aromatic heterocycles. The second kappa shape index (κ2) is 7.62. The summed E-state index contributed by atoms with van der Waals surface area (Å²) in [5.41, 5.74) is 2.40. The summed E-state index contributed by atoms with van der Waals surface area (Å²) >= 11 is 0. The highest BCUT2D eigenvalue weighted by molar-refractivity contribution is 5.85. The molecule has 1 amide bonds. The molecule has 1 aromatic rings. The number of hydrogen-bond acceptors (Lipinski definition) is 3. The van der Waals surface area contributed by atoms with Crippen molar-refractivity contribution < 1.29 is 9.90 Å². The van der Waals surface area contributed by atoms with Crippen molar-refractivity contribution in [3.63, 3.8) is 0 Å². The van der Waals surface area contributed by atoms with Crippen LogP contribution in [0.2, 0.25) is 0 Å². The van der Waals surface area contributed by atoms with Crippen LogP contribution in [0.3, 0.4) is 0 Å². The number of hydrogen-bond donors (Lipinski definition) is 3. The molecule has 1 heterocycles. The molecule has 0 aliphatic carbocycles. The molecule has 20 heavy (non-hydrogen) atoms. The quantitative estimate of drug-likeness (QED) is 0.791. The Morgan fingerprint density at radius 2 is 2.05 bits per heavy atom. The first-order valence-electron chi connectivity index (χ1n) is 6.84. The lowest BCUT2D eigenvalue weighted by atomic mass is 10.0. The SMILES string of the molecule is CC(C)c1ccc(CNC(=O)C2CC(O)CN2)cc1.Cl. The number of nitrogens with one attached hydrogen (secondary N) is 2. The van der Waals surface area contributed by atoms with Crippen molar-refractivity contribution in [2.24, 2.45) is 0 Å². The minimum Gasteiger partial charge on any atom is -0.392 e. The molecule has 0 radical (unpaired) electrons. The Balaban J connectivity index is 0.00000200. The monoisotopic (exact) mass is 298 g/mol. The zero-order chi connectivity index (χ0) is 13.8. The number of amides is 1. The number of rotatable bonds is 4. The summed E-state index contributed by atoms with van der Waals surface area (Å²) in [5, 5.41) is 15.3. The maximum Gasteiger partial charge on any atom is 0.237 e. The molecule has 2 rings (SSSR count). The largest absolute Gasteiger partial charge is 0.392 e. The molecule has 3 N–H and O–H groups in total. The first kappa shape index (κ1) is 17.0. The van der Waals surface area contributed by atoms with E-state index in [0.29, 0.717) is 25.4 Å². The Labute approximate surface area is 126 Å². The Kier molecular flexibility index (Phi) is 6.46. The number of benzene rings is 1. The van der Waals surface area contributed by atoms with Crippen molar-refractivity contribution in [2.75, 3.05) is 6.54 Å². The van der Waals surface area contributed by atoms with Crippen LogP contribution in [0.15, 0.2) is 24.3 Å². The van der Waals surface area contributed by atoms with E-state index in [2.05, 4.69) is 36.6 Å².